The molecular formula is C23H23FN4O2. The van der Waals surface area contributed by atoms with Crippen LogP contribution in [-0.4, -0.2) is 50.1 Å². The zero-order chi connectivity index (χ0) is 21.1. The molecule has 6 nitrogen and oxygen atoms in total. The van der Waals surface area contributed by atoms with Crippen molar-refractivity contribution in [2.45, 2.75) is 12.5 Å². The highest BCUT2D eigenvalue weighted by Crippen LogP contribution is 2.34. The fraction of sp³-hybridized carbons (Fsp3) is 0.304. The Morgan fingerprint density at radius 1 is 1.17 bits per heavy atom. The normalized spacial score (nSPS) is 19.0. The van der Waals surface area contributed by atoms with Crippen molar-refractivity contribution in [3.63, 3.8) is 0 Å². The number of piperazine rings is 1. The average molecular weight is 406 g/mol. The summed E-state index contributed by atoms with van der Waals surface area (Å²) in [4.78, 5) is 17.2. The number of anilines is 2. The average Bonchev–Trinajstić information content (AvgIpc) is 3.25. The Kier molecular flexibility index (Phi) is 5.68. The second-order valence-corrected chi connectivity index (χ2v) is 7.51. The number of carbonyl (C=O) groups is 1. The van der Waals surface area contributed by atoms with E-state index < -0.39 is 6.10 Å². The number of rotatable bonds is 4. The van der Waals surface area contributed by atoms with Crippen LogP contribution in [0.3, 0.4) is 0 Å². The summed E-state index contributed by atoms with van der Waals surface area (Å²) < 4.78 is 20.0. The zero-order valence-corrected chi connectivity index (χ0v) is 16.8. The second-order valence-electron chi connectivity index (χ2n) is 7.51. The van der Waals surface area contributed by atoms with Gasteiger partial charge >= 0.3 is 0 Å². The van der Waals surface area contributed by atoms with Crippen molar-refractivity contribution in [1.29, 1.82) is 5.26 Å². The number of ether oxygens (including phenoxy) is 1. The Morgan fingerprint density at radius 3 is 2.63 bits per heavy atom. The molecule has 0 radical (unpaired) electrons. The van der Waals surface area contributed by atoms with Gasteiger partial charge in [0.15, 0.2) is 11.9 Å². The van der Waals surface area contributed by atoms with Gasteiger partial charge in [-0.3, -0.25) is 4.79 Å². The predicted octanol–water partition coefficient (Wildman–Crippen LogP) is 3.38. The van der Waals surface area contributed by atoms with Crippen LogP contribution in [0, 0.1) is 17.1 Å². The number of amides is 1. The highest BCUT2D eigenvalue weighted by atomic mass is 19.1. The largest absolute Gasteiger partial charge is 0.470 e. The van der Waals surface area contributed by atoms with Crippen LogP contribution in [0.2, 0.25) is 0 Å². The minimum atomic E-state index is -0.759. The number of nitriles is 1. The van der Waals surface area contributed by atoms with Crippen molar-refractivity contribution in [3.8, 4) is 17.2 Å². The molecule has 0 saturated carbocycles. The van der Waals surface area contributed by atoms with Crippen molar-refractivity contribution >= 4 is 17.3 Å². The molecule has 2 aliphatic rings. The summed E-state index contributed by atoms with van der Waals surface area (Å²) in [5, 5.41) is 11.8. The van der Waals surface area contributed by atoms with Crippen LogP contribution in [0.15, 0.2) is 54.3 Å². The van der Waals surface area contributed by atoms with Gasteiger partial charge < -0.3 is 19.9 Å². The molecule has 1 atom stereocenters. The molecule has 4 rings (SSSR count). The van der Waals surface area contributed by atoms with Gasteiger partial charge in [-0.25, -0.2) is 4.39 Å². The Morgan fingerprint density at radius 2 is 1.93 bits per heavy atom. The molecule has 2 heterocycles. The van der Waals surface area contributed by atoms with Crippen LogP contribution in [0.5, 0.6) is 0 Å². The lowest BCUT2D eigenvalue weighted by Gasteiger charge is -2.34. The van der Waals surface area contributed by atoms with E-state index in [1.54, 1.807) is 30.3 Å². The molecule has 1 fully saturated rings. The minimum absolute atomic E-state index is 0.148. The Bertz CT molecular complexity index is 1020. The molecule has 0 spiro atoms. The van der Waals surface area contributed by atoms with Gasteiger partial charge in [0.25, 0.3) is 5.91 Å². The fourth-order valence-corrected chi connectivity index (χ4v) is 3.71. The molecule has 30 heavy (non-hydrogen) atoms. The van der Waals surface area contributed by atoms with Gasteiger partial charge in [0, 0.05) is 55.1 Å². The summed E-state index contributed by atoms with van der Waals surface area (Å²) in [6.45, 7) is 3.69. The molecule has 7 heteroatoms. The van der Waals surface area contributed by atoms with Gasteiger partial charge in [-0.1, -0.05) is 18.2 Å². The van der Waals surface area contributed by atoms with E-state index in [0.717, 1.165) is 31.9 Å². The van der Waals surface area contributed by atoms with E-state index >= 15 is 0 Å². The third kappa shape index (κ3) is 4.14. The lowest BCUT2D eigenvalue weighted by molar-refractivity contribution is -0.123. The smallest absolute Gasteiger partial charge is 0.265 e. The van der Waals surface area contributed by atoms with E-state index in [1.165, 1.54) is 6.07 Å². The standard InChI is InChI=1S/C23H23FN4O2/c1-27-10-12-28(13-11-27)16-6-8-21(19(14-16)18-4-2-3-5-20(18)24)26-23(29)22-9-7-17(15-25)30-22/h2-8,14,22H,9-13H2,1H3,(H,26,29). The maximum Gasteiger partial charge on any atom is 0.265 e. The minimum Gasteiger partial charge on any atom is -0.470 e. The first kappa shape index (κ1) is 19.9. The predicted molar refractivity (Wildman–Crippen MR) is 113 cm³/mol. The molecule has 0 aliphatic carbocycles. The van der Waals surface area contributed by atoms with Gasteiger partial charge in [0.05, 0.1) is 0 Å². The van der Waals surface area contributed by atoms with E-state index in [9.17, 15) is 9.18 Å². The van der Waals surface area contributed by atoms with Crippen molar-refractivity contribution in [1.82, 2.24) is 4.90 Å². The molecular weight excluding hydrogens is 383 g/mol. The first-order chi connectivity index (χ1) is 14.5. The molecule has 1 amide bonds. The van der Waals surface area contributed by atoms with Crippen molar-refractivity contribution in [3.05, 3.63) is 60.1 Å². The molecule has 2 aliphatic heterocycles. The zero-order valence-electron chi connectivity index (χ0n) is 16.8. The Labute approximate surface area is 175 Å². The van der Waals surface area contributed by atoms with Crippen LogP contribution in [0.25, 0.3) is 11.1 Å². The summed E-state index contributed by atoms with van der Waals surface area (Å²) in [7, 11) is 2.10. The maximum absolute atomic E-state index is 14.6. The third-order valence-electron chi connectivity index (χ3n) is 5.48. The number of carbonyl (C=O) groups excluding carboxylic acids is 1. The monoisotopic (exact) mass is 406 g/mol. The quantitative estimate of drug-likeness (QED) is 0.843. The highest BCUT2D eigenvalue weighted by molar-refractivity contribution is 5.99. The summed E-state index contributed by atoms with van der Waals surface area (Å²) in [6.07, 6.45) is 1.17. The number of likely N-dealkylation sites (N-methyl/N-ethyl adjacent to an activating group) is 1. The van der Waals surface area contributed by atoms with Crippen LogP contribution in [0.4, 0.5) is 15.8 Å². The molecule has 2 aromatic carbocycles. The van der Waals surface area contributed by atoms with Gasteiger partial charge in [0.1, 0.15) is 11.9 Å². The lowest BCUT2D eigenvalue weighted by atomic mass is 10.0. The van der Waals surface area contributed by atoms with Crippen molar-refractivity contribution < 1.29 is 13.9 Å². The maximum atomic E-state index is 14.6. The SMILES string of the molecule is CN1CCN(c2ccc(NC(=O)C3CC=C(C#N)O3)c(-c3ccccc3F)c2)CC1. The van der Waals surface area contributed by atoms with E-state index in [1.807, 2.05) is 18.2 Å². The summed E-state index contributed by atoms with van der Waals surface area (Å²) in [5.41, 5.74) is 2.54. The molecule has 0 bridgehead atoms. The third-order valence-corrected chi connectivity index (χ3v) is 5.48. The highest BCUT2D eigenvalue weighted by Gasteiger charge is 2.27. The molecule has 154 valence electrons. The van der Waals surface area contributed by atoms with E-state index in [0.29, 0.717) is 23.2 Å². The van der Waals surface area contributed by atoms with Gasteiger partial charge in [-0.05, 0) is 37.4 Å². The van der Waals surface area contributed by atoms with E-state index in [2.05, 4.69) is 22.2 Å². The molecule has 2 aromatic rings. The number of halogens is 1. The first-order valence-electron chi connectivity index (χ1n) is 9.95. The topological polar surface area (TPSA) is 68.6 Å². The van der Waals surface area contributed by atoms with Crippen LogP contribution < -0.4 is 10.2 Å². The fourth-order valence-electron chi connectivity index (χ4n) is 3.71. The van der Waals surface area contributed by atoms with Gasteiger partial charge in [-0.2, -0.15) is 5.26 Å². The molecule has 1 N–H and O–H groups in total. The second kappa shape index (κ2) is 8.56. The number of hydrogen-bond donors (Lipinski definition) is 1. The number of nitrogens with zero attached hydrogens (tertiary/aromatic N) is 3. The molecule has 0 aromatic heterocycles. The lowest BCUT2D eigenvalue weighted by Crippen LogP contribution is -2.44. The van der Waals surface area contributed by atoms with Crippen molar-refractivity contribution in [2.24, 2.45) is 0 Å². The summed E-state index contributed by atoms with van der Waals surface area (Å²) in [5.74, 6) is -0.564. The van der Waals surface area contributed by atoms with E-state index in [-0.39, 0.29) is 17.5 Å². The van der Waals surface area contributed by atoms with Gasteiger partial charge in [0.2, 0.25) is 0 Å². The number of hydrogen-bond acceptors (Lipinski definition) is 5. The first-order valence-corrected chi connectivity index (χ1v) is 9.95. The molecule has 1 saturated heterocycles. The van der Waals surface area contributed by atoms with E-state index in [4.69, 9.17) is 10.00 Å². The van der Waals surface area contributed by atoms with Crippen LogP contribution >= 0.6 is 0 Å². The molecule has 1 unspecified atom stereocenters. The summed E-state index contributed by atoms with van der Waals surface area (Å²) >= 11 is 0. The van der Waals surface area contributed by atoms with Crippen LogP contribution in [0.1, 0.15) is 6.42 Å². The number of nitrogens with one attached hydrogen (secondary N) is 1. The Hall–Kier alpha value is -3.37. The Balaban J connectivity index is 1.63. The number of allylic oxidation sites excluding steroid dienone is 1. The van der Waals surface area contributed by atoms with Gasteiger partial charge in [-0.15, -0.1) is 0 Å². The van der Waals surface area contributed by atoms with Crippen LogP contribution in [-0.2, 0) is 9.53 Å². The van der Waals surface area contributed by atoms with Crippen molar-refractivity contribution in [2.75, 3.05) is 43.4 Å². The number of benzene rings is 2. The summed E-state index contributed by atoms with van der Waals surface area (Å²) in [6, 6.07) is 14.1.